The molecule has 1 aliphatic heterocycles. The summed E-state index contributed by atoms with van der Waals surface area (Å²) in [4.78, 5) is 4.15. The summed E-state index contributed by atoms with van der Waals surface area (Å²) in [6, 6.07) is 5.51. The molecule has 0 bridgehead atoms. The number of aliphatic hydroxyl groups is 1. The van der Waals surface area contributed by atoms with Gasteiger partial charge in [-0.25, -0.2) is 12.7 Å². The van der Waals surface area contributed by atoms with Crippen molar-refractivity contribution in [3.8, 4) is 0 Å². The molecule has 1 saturated heterocycles. The Hall–Kier alpha value is -0.980. The van der Waals surface area contributed by atoms with Gasteiger partial charge in [0.1, 0.15) is 0 Å². The number of rotatable bonds is 4. The first kappa shape index (κ1) is 15.4. The molecule has 0 radical (unpaired) electrons. The lowest BCUT2D eigenvalue weighted by Gasteiger charge is -2.22. The van der Waals surface area contributed by atoms with Crippen LogP contribution in [0.1, 0.15) is 31.9 Å². The molecule has 0 saturated carbocycles. The highest BCUT2D eigenvalue weighted by molar-refractivity contribution is 7.89. The first-order valence-electron chi connectivity index (χ1n) is 6.99. The fourth-order valence-corrected chi connectivity index (χ4v) is 3.93. The van der Waals surface area contributed by atoms with Gasteiger partial charge in [0.2, 0.25) is 10.0 Å². The van der Waals surface area contributed by atoms with Crippen molar-refractivity contribution < 1.29 is 13.5 Å². The molecule has 6 heteroatoms. The van der Waals surface area contributed by atoms with Gasteiger partial charge in [0.05, 0.1) is 11.4 Å². The van der Waals surface area contributed by atoms with Crippen LogP contribution in [0.2, 0.25) is 0 Å². The Bertz CT molecular complexity index is 529. The van der Waals surface area contributed by atoms with Gasteiger partial charge in [-0.1, -0.05) is 6.07 Å². The molecule has 20 heavy (non-hydrogen) atoms. The molecule has 1 aliphatic rings. The second kappa shape index (κ2) is 6.20. The average Bonchev–Trinajstić information content (AvgIpc) is 2.59. The summed E-state index contributed by atoms with van der Waals surface area (Å²) in [5, 5.41) is 10.0. The zero-order valence-electron chi connectivity index (χ0n) is 11.8. The lowest BCUT2D eigenvalue weighted by Crippen LogP contribution is -2.35. The Morgan fingerprint density at radius 2 is 2.15 bits per heavy atom. The van der Waals surface area contributed by atoms with Gasteiger partial charge in [-0.15, -0.1) is 0 Å². The summed E-state index contributed by atoms with van der Waals surface area (Å²) in [7, 11) is -3.27. The van der Waals surface area contributed by atoms with E-state index in [1.807, 2.05) is 18.2 Å². The lowest BCUT2D eigenvalue weighted by atomic mass is 9.98. The second-order valence-corrected chi connectivity index (χ2v) is 7.73. The fraction of sp³-hybridized carbons (Fsp3) is 0.643. The Morgan fingerprint density at radius 1 is 1.35 bits per heavy atom. The molecule has 0 spiro atoms. The van der Waals surface area contributed by atoms with E-state index < -0.39 is 15.6 Å². The zero-order chi connectivity index (χ0) is 14.6. The smallest absolute Gasteiger partial charge is 0.214 e. The third kappa shape index (κ3) is 4.26. The van der Waals surface area contributed by atoms with Crippen molar-refractivity contribution in [1.82, 2.24) is 9.29 Å². The molecular formula is C14H22N2O3S. The van der Waals surface area contributed by atoms with Crippen molar-refractivity contribution in [3.05, 3.63) is 30.1 Å². The molecule has 0 amide bonds. The number of pyridine rings is 1. The highest BCUT2D eigenvalue weighted by atomic mass is 32.2. The van der Waals surface area contributed by atoms with Crippen LogP contribution in [0.3, 0.4) is 0 Å². The molecule has 1 aromatic rings. The minimum Gasteiger partial charge on any atom is -0.390 e. The van der Waals surface area contributed by atoms with E-state index in [1.54, 1.807) is 13.1 Å². The summed E-state index contributed by atoms with van der Waals surface area (Å²) in [6.07, 6.45) is 3.95. The Labute approximate surface area is 120 Å². The van der Waals surface area contributed by atoms with E-state index >= 15 is 0 Å². The monoisotopic (exact) mass is 298 g/mol. The van der Waals surface area contributed by atoms with Crippen molar-refractivity contribution in [1.29, 1.82) is 0 Å². The van der Waals surface area contributed by atoms with Gasteiger partial charge < -0.3 is 5.11 Å². The van der Waals surface area contributed by atoms with Gasteiger partial charge in [-0.05, 0) is 38.3 Å². The molecule has 5 nitrogen and oxygen atoms in total. The summed E-state index contributed by atoms with van der Waals surface area (Å²) in [6.45, 7) is 2.68. The first-order valence-corrected chi connectivity index (χ1v) is 8.60. The largest absolute Gasteiger partial charge is 0.390 e. The Morgan fingerprint density at radius 3 is 2.85 bits per heavy atom. The number of nitrogens with zero attached hydrogens (tertiary/aromatic N) is 2. The number of aryl methyl sites for hydroxylation is 1. The van der Waals surface area contributed by atoms with Crippen LogP contribution in [0.5, 0.6) is 0 Å². The molecule has 1 aromatic heterocycles. The normalized spacial score (nSPS) is 25.3. The van der Waals surface area contributed by atoms with Crippen LogP contribution in [0.25, 0.3) is 0 Å². The van der Waals surface area contributed by atoms with Crippen LogP contribution in [0, 0.1) is 0 Å². The van der Waals surface area contributed by atoms with E-state index in [1.165, 1.54) is 4.31 Å². The molecular weight excluding hydrogens is 276 g/mol. The zero-order valence-corrected chi connectivity index (χ0v) is 12.6. The second-order valence-electron chi connectivity index (χ2n) is 5.64. The number of aromatic nitrogens is 1. The van der Waals surface area contributed by atoms with Gasteiger partial charge in [-0.2, -0.15) is 0 Å². The highest BCUT2D eigenvalue weighted by Gasteiger charge is 2.30. The van der Waals surface area contributed by atoms with Crippen molar-refractivity contribution in [3.63, 3.8) is 0 Å². The van der Waals surface area contributed by atoms with Crippen molar-refractivity contribution in [2.45, 2.75) is 38.2 Å². The summed E-state index contributed by atoms with van der Waals surface area (Å²) < 4.78 is 26.2. The number of hydrogen-bond acceptors (Lipinski definition) is 4. The van der Waals surface area contributed by atoms with E-state index in [0.717, 1.165) is 5.69 Å². The summed E-state index contributed by atoms with van der Waals surface area (Å²) in [5.41, 5.74) is 0.0449. The first-order chi connectivity index (χ1) is 9.39. The minimum atomic E-state index is -3.27. The standard InChI is InChI=1S/C14H22N2O3S/c1-14(17)7-4-10-16(11-8-14)20(18,19)12-6-13-5-2-3-9-15-13/h2-3,5,9,17H,4,6-8,10-12H2,1H3. The van der Waals surface area contributed by atoms with Crippen LogP contribution in [-0.2, 0) is 16.4 Å². The lowest BCUT2D eigenvalue weighted by molar-refractivity contribution is 0.0465. The Balaban J connectivity index is 1.96. The van der Waals surface area contributed by atoms with E-state index in [2.05, 4.69) is 4.98 Å². The van der Waals surface area contributed by atoms with Crippen molar-refractivity contribution in [2.24, 2.45) is 0 Å². The molecule has 1 fully saturated rings. The number of sulfonamides is 1. The maximum absolute atomic E-state index is 12.3. The van der Waals surface area contributed by atoms with E-state index in [-0.39, 0.29) is 5.75 Å². The van der Waals surface area contributed by atoms with Gasteiger partial charge in [0.15, 0.2) is 0 Å². The molecule has 0 aromatic carbocycles. The van der Waals surface area contributed by atoms with Crippen LogP contribution in [0.4, 0.5) is 0 Å². The predicted molar refractivity (Wildman–Crippen MR) is 77.8 cm³/mol. The molecule has 112 valence electrons. The molecule has 1 N–H and O–H groups in total. The predicted octanol–water partition coefficient (Wildman–Crippen LogP) is 1.19. The molecule has 0 aliphatic carbocycles. The van der Waals surface area contributed by atoms with Gasteiger partial charge in [-0.3, -0.25) is 4.98 Å². The maximum Gasteiger partial charge on any atom is 0.214 e. The maximum atomic E-state index is 12.3. The minimum absolute atomic E-state index is 0.0756. The van der Waals surface area contributed by atoms with Gasteiger partial charge in [0, 0.05) is 31.4 Å². The quantitative estimate of drug-likeness (QED) is 0.906. The van der Waals surface area contributed by atoms with Crippen molar-refractivity contribution in [2.75, 3.05) is 18.8 Å². The van der Waals surface area contributed by atoms with E-state index in [0.29, 0.717) is 38.8 Å². The van der Waals surface area contributed by atoms with Gasteiger partial charge >= 0.3 is 0 Å². The molecule has 1 atom stereocenters. The average molecular weight is 298 g/mol. The molecule has 2 rings (SSSR count). The summed E-state index contributed by atoms with van der Waals surface area (Å²) in [5.74, 6) is 0.0756. The van der Waals surface area contributed by atoms with Crippen LogP contribution < -0.4 is 0 Å². The summed E-state index contributed by atoms with van der Waals surface area (Å²) >= 11 is 0. The fourth-order valence-electron chi connectivity index (χ4n) is 2.43. The van der Waals surface area contributed by atoms with Gasteiger partial charge in [0.25, 0.3) is 0 Å². The third-order valence-corrected chi connectivity index (χ3v) is 5.63. The van der Waals surface area contributed by atoms with Crippen molar-refractivity contribution >= 4 is 10.0 Å². The Kier molecular flexibility index (Phi) is 4.78. The van der Waals surface area contributed by atoms with E-state index in [9.17, 15) is 13.5 Å². The number of hydrogen-bond donors (Lipinski definition) is 1. The van der Waals surface area contributed by atoms with Crippen LogP contribution >= 0.6 is 0 Å². The third-order valence-electron chi connectivity index (χ3n) is 3.76. The van der Waals surface area contributed by atoms with E-state index in [4.69, 9.17) is 0 Å². The highest BCUT2D eigenvalue weighted by Crippen LogP contribution is 2.23. The molecule has 1 unspecified atom stereocenters. The van der Waals surface area contributed by atoms with Crippen LogP contribution in [0.15, 0.2) is 24.4 Å². The molecule has 2 heterocycles. The SMILES string of the molecule is CC1(O)CCCN(S(=O)(=O)CCc2ccccn2)CC1. The topological polar surface area (TPSA) is 70.5 Å². The van der Waals surface area contributed by atoms with Crippen LogP contribution in [-0.4, -0.2) is 47.3 Å².